The zero-order valence-electron chi connectivity index (χ0n) is 12.4. The molecule has 0 aliphatic rings. The lowest BCUT2D eigenvalue weighted by molar-refractivity contribution is 0.433. The topological polar surface area (TPSA) is 32.3 Å². The summed E-state index contributed by atoms with van der Waals surface area (Å²) in [4.78, 5) is 0. The molecule has 0 aromatic heterocycles. The number of aryl methyl sites for hydroxylation is 1. The summed E-state index contributed by atoms with van der Waals surface area (Å²) < 4.78 is 0. The maximum absolute atomic E-state index is 9.89. The van der Waals surface area contributed by atoms with E-state index in [4.69, 9.17) is 0 Å². The number of benzene rings is 2. The van der Waals surface area contributed by atoms with E-state index in [1.807, 2.05) is 18.2 Å². The SMILES string of the molecule is Cc1ccccc1CC(C)NC(C)c1ccccc1O. The van der Waals surface area contributed by atoms with Gasteiger partial charge >= 0.3 is 0 Å². The molecule has 0 spiro atoms. The molecule has 106 valence electrons. The van der Waals surface area contributed by atoms with Crippen LogP contribution in [-0.2, 0) is 6.42 Å². The minimum Gasteiger partial charge on any atom is -0.508 e. The summed E-state index contributed by atoms with van der Waals surface area (Å²) in [6, 6.07) is 16.5. The number of phenols is 1. The van der Waals surface area contributed by atoms with Crippen molar-refractivity contribution < 1.29 is 5.11 Å². The van der Waals surface area contributed by atoms with E-state index in [9.17, 15) is 5.11 Å². The molecule has 2 heteroatoms. The van der Waals surface area contributed by atoms with Crippen LogP contribution in [0.25, 0.3) is 0 Å². The summed E-state index contributed by atoms with van der Waals surface area (Å²) in [6.45, 7) is 6.42. The van der Waals surface area contributed by atoms with Gasteiger partial charge in [-0.15, -0.1) is 0 Å². The monoisotopic (exact) mass is 269 g/mol. The van der Waals surface area contributed by atoms with Crippen molar-refractivity contribution >= 4 is 0 Å². The summed E-state index contributed by atoms with van der Waals surface area (Å²) in [6.07, 6.45) is 0.991. The van der Waals surface area contributed by atoms with Gasteiger partial charge < -0.3 is 10.4 Å². The highest BCUT2D eigenvalue weighted by Gasteiger charge is 2.13. The Morgan fingerprint density at radius 1 is 1.00 bits per heavy atom. The third-order valence-electron chi connectivity index (χ3n) is 3.73. The Bertz CT molecular complexity index is 565. The predicted molar refractivity (Wildman–Crippen MR) is 84.0 cm³/mol. The average Bonchev–Trinajstić information content (AvgIpc) is 2.41. The van der Waals surface area contributed by atoms with Gasteiger partial charge in [0.25, 0.3) is 0 Å². The molecule has 0 aliphatic carbocycles. The van der Waals surface area contributed by atoms with E-state index in [1.165, 1.54) is 11.1 Å². The molecular weight excluding hydrogens is 246 g/mol. The van der Waals surface area contributed by atoms with E-state index < -0.39 is 0 Å². The fraction of sp³-hybridized carbons (Fsp3) is 0.333. The number of hydrogen-bond donors (Lipinski definition) is 2. The molecule has 0 saturated carbocycles. The first-order valence-corrected chi connectivity index (χ1v) is 7.16. The number of aromatic hydroxyl groups is 1. The number of hydrogen-bond acceptors (Lipinski definition) is 2. The minimum absolute atomic E-state index is 0.134. The number of rotatable bonds is 5. The van der Waals surface area contributed by atoms with Crippen molar-refractivity contribution in [3.05, 3.63) is 65.2 Å². The van der Waals surface area contributed by atoms with Crippen molar-refractivity contribution in [2.75, 3.05) is 0 Å². The average molecular weight is 269 g/mol. The maximum atomic E-state index is 9.89. The van der Waals surface area contributed by atoms with Crippen LogP contribution in [0.2, 0.25) is 0 Å². The van der Waals surface area contributed by atoms with E-state index in [0.717, 1.165) is 12.0 Å². The standard InChI is InChI=1S/C18H23NO/c1-13-8-4-5-9-16(13)12-14(2)19-15(3)17-10-6-7-11-18(17)20/h4-11,14-15,19-20H,12H2,1-3H3. The van der Waals surface area contributed by atoms with Crippen LogP contribution in [0.15, 0.2) is 48.5 Å². The van der Waals surface area contributed by atoms with Gasteiger partial charge in [-0.1, -0.05) is 42.5 Å². The quantitative estimate of drug-likeness (QED) is 0.860. The molecule has 2 rings (SSSR count). The smallest absolute Gasteiger partial charge is 0.120 e. The lowest BCUT2D eigenvalue weighted by Crippen LogP contribution is -2.30. The van der Waals surface area contributed by atoms with Crippen molar-refractivity contribution in [2.45, 2.75) is 39.3 Å². The normalized spacial score (nSPS) is 13.9. The third kappa shape index (κ3) is 3.61. The fourth-order valence-electron chi connectivity index (χ4n) is 2.60. The van der Waals surface area contributed by atoms with Crippen molar-refractivity contribution in [1.82, 2.24) is 5.32 Å². The van der Waals surface area contributed by atoms with E-state index in [2.05, 4.69) is 50.4 Å². The van der Waals surface area contributed by atoms with Crippen LogP contribution >= 0.6 is 0 Å². The van der Waals surface area contributed by atoms with Gasteiger partial charge in [0.15, 0.2) is 0 Å². The molecule has 2 aromatic rings. The summed E-state index contributed by atoms with van der Waals surface area (Å²) >= 11 is 0. The number of para-hydroxylation sites is 1. The molecule has 2 nitrogen and oxygen atoms in total. The van der Waals surface area contributed by atoms with Crippen LogP contribution in [0.3, 0.4) is 0 Å². The van der Waals surface area contributed by atoms with Crippen LogP contribution in [-0.4, -0.2) is 11.1 Å². The zero-order chi connectivity index (χ0) is 14.5. The Morgan fingerprint density at radius 3 is 2.35 bits per heavy atom. The first-order chi connectivity index (χ1) is 9.58. The van der Waals surface area contributed by atoms with E-state index in [-0.39, 0.29) is 6.04 Å². The van der Waals surface area contributed by atoms with Crippen LogP contribution in [0.4, 0.5) is 0 Å². The lowest BCUT2D eigenvalue weighted by Gasteiger charge is -2.21. The molecule has 20 heavy (non-hydrogen) atoms. The molecule has 0 saturated heterocycles. The van der Waals surface area contributed by atoms with Crippen LogP contribution in [0.5, 0.6) is 5.75 Å². The summed E-state index contributed by atoms with van der Waals surface area (Å²) in [7, 11) is 0. The van der Waals surface area contributed by atoms with Gasteiger partial charge in [0.1, 0.15) is 5.75 Å². The first-order valence-electron chi connectivity index (χ1n) is 7.16. The maximum Gasteiger partial charge on any atom is 0.120 e. The Hall–Kier alpha value is -1.80. The van der Waals surface area contributed by atoms with Gasteiger partial charge in [0, 0.05) is 17.6 Å². The van der Waals surface area contributed by atoms with Crippen LogP contribution in [0, 0.1) is 6.92 Å². The van der Waals surface area contributed by atoms with Gasteiger partial charge in [0.2, 0.25) is 0 Å². The molecule has 2 N–H and O–H groups in total. The second-order valence-electron chi connectivity index (χ2n) is 5.48. The van der Waals surface area contributed by atoms with Gasteiger partial charge in [-0.05, 0) is 44.4 Å². The number of nitrogens with one attached hydrogen (secondary N) is 1. The zero-order valence-corrected chi connectivity index (χ0v) is 12.4. The highest BCUT2D eigenvalue weighted by molar-refractivity contribution is 5.34. The largest absolute Gasteiger partial charge is 0.508 e. The Labute approximate surface area is 121 Å². The summed E-state index contributed by atoms with van der Waals surface area (Å²) in [5.74, 6) is 0.357. The van der Waals surface area contributed by atoms with Gasteiger partial charge in [0.05, 0.1) is 0 Å². The van der Waals surface area contributed by atoms with Crippen molar-refractivity contribution in [3.63, 3.8) is 0 Å². The van der Waals surface area contributed by atoms with Crippen molar-refractivity contribution in [1.29, 1.82) is 0 Å². The molecule has 0 fully saturated rings. The Kier molecular flexibility index (Phi) is 4.80. The fourth-order valence-corrected chi connectivity index (χ4v) is 2.60. The van der Waals surface area contributed by atoms with E-state index >= 15 is 0 Å². The van der Waals surface area contributed by atoms with Crippen molar-refractivity contribution in [2.24, 2.45) is 0 Å². The van der Waals surface area contributed by atoms with Crippen molar-refractivity contribution in [3.8, 4) is 5.75 Å². The third-order valence-corrected chi connectivity index (χ3v) is 3.73. The molecule has 2 atom stereocenters. The second kappa shape index (κ2) is 6.58. The van der Waals surface area contributed by atoms with Crippen LogP contribution < -0.4 is 5.32 Å². The Balaban J connectivity index is 2.00. The molecule has 2 unspecified atom stereocenters. The summed E-state index contributed by atoms with van der Waals surface area (Å²) in [5, 5.41) is 13.4. The summed E-state index contributed by atoms with van der Waals surface area (Å²) in [5.41, 5.74) is 3.65. The molecule has 0 heterocycles. The van der Waals surface area contributed by atoms with Gasteiger partial charge in [-0.2, -0.15) is 0 Å². The molecule has 0 amide bonds. The van der Waals surface area contributed by atoms with E-state index in [1.54, 1.807) is 6.07 Å². The molecule has 2 aromatic carbocycles. The highest BCUT2D eigenvalue weighted by Crippen LogP contribution is 2.23. The number of phenolic OH excluding ortho intramolecular Hbond substituents is 1. The highest BCUT2D eigenvalue weighted by atomic mass is 16.3. The predicted octanol–water partition coefficient (Wildman–Crippen LogP) is 3.98. The molecule has 0 bridgehead atoms. The molecule has 0 radical (unpaired) electrons. The second-order valence-corrected chi connectivity index (χ2v) is 5.48. The molecular formula is C18H23NO. The first kappa shape index (κ1) is 14.6. The minimum atomic E-state index is 0.134. The van der Waals surface area contributed by atoms with Gasteiger partial charge in [-0.25, -0.2) is 0 Å². The lowest BCUT2D eigenvalue weighted by atomic mass is 10.0. The Morgan fingerprint density at radius 2 is 1.65 bits per heavy atom. The van der Waals surface area contributed by atoms with Crippen LogP contribution in [0.1, 0.15) is 36.6 Å². The molecule has 0 aliphatic heterocycles. The van der Waals surface area contributed by atoms with Gasteiger partial charge in [-0.3, -0.25) is 0 Å². The van der Waals surface area contributed by atoms with E-state index in [0.29, 0.717) is 11.8 Å².